The number of alkyl halides is 1. The molecule has 1 N–H and O–H groups in total. The number of aliphatic hydroxyl groups excluding tert-OH is 1. The summed E-state index contributed by atoms with van der Waals surface area (Å²) < 4.78 is 0. The van der Waals surface area contributed by atoms with E-state index in [-0.39, 0.29) is 17.9 Å². The van der Waals surface area contributed by atoms with Crippen molar-refractivity contribution in [3.05, 3.63) is 0 Å². The summed E-state index contributed by atoms with van der Waals surface area (Å²) in [5, 5.41) is 9.63. The molecular formula is C10H18ClNO2. The average Bonchev–Trinajstić information content (AvgIpc) is 2.19. The Morgan fingerprint density at radius 2 is 2.36 bits per heavy atom. The number of amides is 1. The Morgan fingerprint density at radius 1 is 1.64 bits per heavy atom. The average molecular weight is 220 g/mol. The molecule has 1 aliphatic heterocycles. The number of likely N-dealkylation sites (tertiary alicyclic amines) is 1. The Bertz CT molecular complexity index is 199. The molecule has 0 aromatic rings. The van der Waals surface area contributed by atoms with Crippen molar-refractivity contribution < 1.29 is 9.90 Å². The van der Waals surface area contributed by atoms with Gasteiger partial charge in [-0.1, -0.05) is 6.92 Å². The zero-order chi connectivity index (χ0) is 10.6. The topological polar surface area (TPSA) is 40.5 Å². The van der Waals surface area contributed by atoms with E-state index in [0.29, 0.717) is 31.8 Å². The molecule has 1 rings (SSSR count). The molecule has 0 bridgehead atoms. The summed E-state index contributed by atoms with van der Waals surface area (Å²) in [7, 11) is 0. The van der Waals surface area contributed by atoms with Gasteiger partial charge < -0.3 is 10.0 Å². The highest BCUT2D eigenvalue weighted by molar-refractivity contribution is 6.18. The maximum atomic E-state index is 11.5. The van der Waals surface area contributed by atoms with Crippen LogP contribution in [0.3, 0.4) is 0 Å². The highest BCUT2D eigenvalue weighted by Gasteiger charge is 2.28. The second-order valence-corrected chi connectivity index (χ2v) is 4.18. The molecule has 1 heterocycles. The van der Waals surface area contributed by atoms with Gasteiger partial charge in [0.1, 0.15) is 0 Å². The predicted molar refractivity (Wildman–Crippen MR) is 56.3 cm³/mol. The number of piperidine rings is 1. The Kier molecular flexibility index (Phi) is 4.69. The summed E-state index contributed by atoms with van der Waals surface area (Å²) in [6.07, 6.45) is 1.80. The normalized spacial score (nSPS) is 27.8. The number of carbonyl (C=O) groups is 1. The van der Waals surface area contributed by atoms with Crippen molar-refractivity contribution in [2.75, 3.05) is 19.0 Å². The van der Waals surface area contributed by atoms with Gasteiger partial charge in [-0.3, -0.25) is 4.79 Å². The van der Waals surface area contributed by atoms with Gasteiger partial charge >= 0.3 is 0 Å². The molecule has 82 valence electrons. The number of carbonyl (C=O) groups excluding carboxylic acids is 1. The lowest BCUT2D eigenvalue weighted by Crippen LogP contribution is -2.45. The van der Waals surface area contributed by atoms with E-state index in [4.69, 9.17) is 11.6 Å². The largest absolute Gasteiger partial charge is 0.393 e. The summed E-state index contributed by atoms with van der Waals surface area (Å²) in [5.74, 6) is 0.739. The Labute approximate surface area is 90.0 Å². The monoisotopic (exact) mass is 219 g/mol. The van der Waals surface area contributed by atoms with Crippen LogP contribution < -0.4 is 0 Å². The Morgan fingerprint density at radius 3 is 2.93 bits per heavy atom. The molecule has 1 fully saturated rings. The molecule has 0 aromatic heterocycles. The number of rotatable bonds is 3. The second kappa shape index (κ2) is 5.56. The van der Waals surface area contributed by atoms with Crippen LogP contribution in [-0.4, -0.2) is 41.0 Å². The summed E-state index contributed by atoms with van der Waals surface area (Å²) in [4.78, 5) is 13.3. The summed E-state index contributed by atoms with van der Waals surface area (Å²) in [5.41, 5.74) is 0. The van der Waals surface area contributed by atoms with Crippen LogP contribution in [0, 0.1) is 5.92 Å². The number of hydrogen-bond acceptors (Lipinski definition) is 2. The first-order valence-electron chi connectivity index (χ1n) is 5.20. The molecule has 0 saturated carbocycles. The highest BCUT2D eigenvalue weighted by Crippen LogP contribution is 2.20. The quantitative estimate of drug-likeness (QED) is 0.726. The van der Waals surface area contributed by atoms with Crippen LogP contribution in [0.2, 0.25) is 0 Å². The lowest BCUT2D eigenvalue weighted by atomic mass is 9.92. The highest BCUT2D eigenvalue weighted by atomic mass is 35.5. The standard InChI is InChI=1S/C10H18ClNO2/c1-2-8-7-12(6-4-9(8)13)10(14)3-5-11/h8-9,13H,2-7H2,1H3. The number of nitrogens with zero attached hydrogens (tertiary/aromatic N) is 1. The summed E-state index contributed by atoms with van der Waals surface area (Å²) in [6, 6.07) is 0. The van der Waals surface area contributed by atoms with E-state index in [2.05, 4.69) is 0 Å². The molecule has 3 nitrogen and oxygen atoms in total. The fourth-order valence-corrected chi connectivity index (χ4v) is 2.05. The number of aliphatic hydroxyl groups is 1. The number of hydrogen-bond donors (Lipinski definition) is 1. The zero-order valence-electron chi connectivity index (χ0n) is 8.58. The minimum Gasteiger partial charge on any atom is -0.393 e. The molecule has 2 atom stereocenters. The zero-order valence-corrected chi connectivity index (χ0v) is 9.33. The van der Waals surface area contributed by atoms with Gasteiger partial charge in [-0.25, -0.2) is 0 Å². The van der Waals surface area contributed by atoms with Gasteiger partial charge in [0, 0.05) is 31.3 Å². The van der Waals surface area contributed by atoms with E-state index in [1.165, 1.54) is 0 Å². The smallest absolute Gasteiger partial charge is 0.223 e. The lowest BCUT2D eigenvalue weighted by Gasteiger charge is -2.35. The van der Waals surface area contributed by atoms with Crippen LogP contribution in [-0.2, 0) is 4.79 Å². The van der Waals surface area contributed by atoms with Crippen LogP contribution in [0.25, 0.3) is 0 Å². The molecule has 1 amide bonds. The van der Waals surface area contributed by atoms with Crippen molar-refractivity contribution in [2.24, 2.45) is 5.92 Å². The van der Waals surface area contributed by atoms with Gasteiger partial charge in [0.25, 0.3) is 0 Å². The van der Waals surface area contributed by atoms with E-state index >= 15 is 0 Å². The SMILES string of the molecule is CCC1CN(C(=O)CCCl)CCC1O. The van der Waals surface area contributed by atoms with Crippen molar-refractivity contribution in [1.29, 1.82) is 0 Å². The van der Waals surface area contributed by atoms with E-state index in [1.54, 1.807) is 0 Å². The fraction of sp³-hybridized carbons (Fsp3) is 0.900. The van der Waals surface area contributed by atoms with E-state index in [9.17, 15) is 9.90 Å². The van der Waals surface area contributed by atoms with Gasteiger partial charge in [-0.15, -0.1) is 11.6 Å². The van der Waals surface area contributed by atoms with E-state index < -0.39 is 0 Å². The molecule has 4 heteroatoms. The summed E-state index contributed by atoms with van der Waals surface area (Å²) in [6.45, 7) is 3.41. The molecule has 0 radical (unpaired) electrons. The fourth-order valence-electron chi connectivity index (χ4n) is 1.89. The Hall–Kier alpha value is -0.280. The van der Waals surface area contributed by atoms with Gasteiger partial charge in [0.15, 0.2) is 0 Å². The van der Waals surface area contributed by atoms with Crippen LogP contribution >= 0.6 is 11.6 Å². The predicted octanol–water partition coefficient (Wildman–Crippen LogP) is 1.23. The molecular weight excluding hydrogens is 202 g/mol. The van der Waals surface area contributed by atoms with Crippen molar-refractivity contribution >= 4 is 17.5 Å². The van der Waals surface area contributed by atoms with Gasteiger partial charge in [-0.05, 0) is 12.8 Å². The van der Waals surface area contributed by atoms with Gasteiger partial charge in [0.05, 0.1) is 6.10 Å². The maximum absolute atomic E-state index is 11.5. The van der Waals surface area contributed by atoms with Gasteiger partial charge in [-0.2, -0.15) is 0 Å². The summed E-state index contributed by atoms with van der Waals surface area (Å²) >= 11 is 5.52. The van der Waals surface area contributed by atoms with Crippen molar-refractivity contribution in [2.45, 2.75) is 32.3 Å². The minimum atomic E-state index is -0.236. The lowest BCUT2D eigenvalue weighted by molar-refractivity contribution is -0.134. The molecule has 14 heavy (non-hydrogen) atoms. The minimum absolute atomic E-state index is 0.116. The van der Waals surface area contributed by atoms with Crippen LogP contribution in [0.15, 0.2) is 0 Å². The third-order valence-corrected chi connectivity index (χ3v) is 3.07. The molecule has 0 spiro atoms. The molecule has 0 aliphatic carbocycles. The number of halogens is 1. The van der Waals surface area contributed by atoms with E-state index in [1.807, 2.05) is 11.8 Å². The van der Waals surface area contributed by atoms with Crippen LogP contribution in [0.1, 0.15) is 26.2 Å². The Balaban J connectivity index is 2.45. The molecule has 1 saturated heterocycles. The molecule has 0 aromatic carbocycles. The van der Waals surface area contributed by atoms with Crippen LogP contribution in [0.5, 0.6) is 0 Å². The van der Waals surface area contributed by atoms with Crippen molar-refractivity contribution in [3.8, 4) is 0 Å². The first-order valence-corrected chi connectivity index (χ1v) is 5.74. The van der Waals surface area contributed by atoms with Crippen LogP contribution in [0.4, 0.5) is 0 Å². The molecule has 1 aliphatic rings. The second-order valence-electron chi connectivity index (χ2n) is 3.80. The van der Waals surface area contributed by atoms with Crippen molar-refractivity contribution in [3.63, 3.8) is 0 Å². The maximum Gasteiger partial charge on any atom is 0.223 e. The third-order valence-electron chi connectivity index (χ3n) is 2.88. The van der Waals surface area contributed by atoms with E-state index in [0.717, 1.165) is 6.42 Å². The van der Waals surface area contributed by atoms with Crippen molar-refractivity contribution in [1.82, 2.24) is 4.90 Å². The first kappa shape index (κ1) is 11.8. The first-order chi connectivity index (χ1) is 6.69. The third kappa shape index (κ3) is 2.85. The molecule has 2 unspecified atom stereocenters. The van der Waals surface area contributed by atoms with Gasteiger partial charge in [0.2, 0.25) is 5.91 Å².